The summed E-state index contributed by atoms with van der Waals surface area (Å²) in [4.78, 5) is 11.6. The molecule has 80 valence electrons. The summed E-state index contributed by atoms with van der Waals surface area (Å²) in [7, 11) is 0. The van der Waals surface area contributed by atoms with Crippen LogP contribution in [0.25, 0.3) is 0 Å². The number of rotatable bonds is 4. The lowest BCUT2D eigenvalue weighted by Crippen LogP contribution is -2.00. The Bertz CT molecular complexity index is 397. The molecule has 0 aliphatic heterocycles. The minimum absolute atomic E-state index is 0.234. The van der Waals surface area contributed by atoms with Crippen molar-refractivity contribution in [2.75, 3.05) is 5.75 Å². The van der Waals surface area contributed by atoms with Gasteiger partial charge in [0, 0.05) is 16.2 Å². The van der Waals surface area contributed by atoms with Gasteiger partial charge in [-0.25, -0.2) is 4.79 Å². The van der Waals surface area contributed by atoms with E-state index >= 15 is 0 Å². The molecule has 0 saturated carbocycles. The van der Waals surface area contributed by atoms with Crippen molar-refractivity contribution in [1.29, 1.82) is 0 Å². The second-order valence-corrected chi connectivity index (χ2v) is 4.49. The number of hydrogen-bond donors (Lipinski definition) is 1. The zero-order valence-electron chi connectivity index (χ0n) is 8.91. The van der Waals surface area contributed by atoms with Gasteiger partial charge in [0.05, 0.1) is 0 Å². The lowest BCUT2D eigenvalue weighted by atomic mass is 10.1. The molecular formula is C12H14O2S. The molecule has 1 rings (SSSR count). The average molecular weight is 222 g/mol. The third-order valence-electron chi connectivity index (χ3n) is 2.19. The van der Waals surface area contributed by atoms with Crippen LogP contribution in [0.5, 0.6) is 0 Å². The molecule has 2 nitrogen and oxygen atoms in total. The van der Waals surface area contributed by atoms with E-state index in [0.717, 1.165) is 4.90 Å². The number of carboxylic acids is 1. The van der Waals surface area contributed by atoms with Crippen molar-refractivity contribution in [2.24, 2.45) is 0 Å². The second kappa shape index (κ2) is 5.03. The molecule has 0 radical (unpaired) electrons. The number of benzene rings is 1. The molecule has 0 fully saturated rings. The van der Waals surface area contributed by atoms with Gasteiger partial charge in [-0.05, 0) is 37.1 Å². The van der Waals surface area contributed by atoms with E-state index in [4.69, 9.17) is 5.11 Å². The summed E-state index contributed by atoms with van der Waals surface area (Å²) in [6.45, 7) is 7.59. The zero-order chi connectivity index (χ0) is 11.4. The molecule has 0 unspecified atom stereocenters. The number of thioether (sulfide) groups is 1. The predicted molar refractivity (Wildman–Crippen MR) is 63.4 cm³/mol. The maximum atomic E-state index is 10.5. The summed E-state index contributed by atoms with van der Waals surface area (Å²) in [6, 6.07) is 6.11. The maximum Gasteiger partial charge on any atom is 0.331 e. The highest BCUT2D eigenvalue weighted by Crippen LogP contribution is 2.22. The minimum atomic E-state index is -0.925. The summed E-state index contributed by atoms with van der Waals surface area (Å²) in [6.07, 6.45) is 0. The Morgan fingerprint density at radius 1 is 1.40 bits per heavy atom. The van der Waals surface area contributed by atoms with Crippen molar-refractivity contribution in [3.8, 4) is 0 Å². The summed E-state index contributed by atoms with van der Waals surface area (Å²) >= 11 is 1.50. The Balaban J connectivity index is 2.62. The molecule has 0 heterocycles. The third-order valence-corrected chi connectivity index (χ3v) is 3.27. The number of carbonyl (C=O) groups is 1. The van der Waals surface area contributed by atoms with E-state index in [0.29, 0.717) is 5.75 Å². The molecule has 1 aromatic carbocycles. The Morgan fingerprint density at radius 2 is 2.07 bits per heavy atom. The molecule has 0 aliphatic carbocycles. The number of carboxylic acid groups (broad SMARTS) is 1. The fourth-order valence-electron chi connectivity index (χ4n) is 1.04. The SMILES string of the molecule is C=C(CSc1ccc(C)c(C)c1)C(=O)O. The zero-order valence-corrected chi connectivity index (χ0v) is 9.73. The molecule has 0 saturated heterocycles. The first-order valence-electron chi connectivity index (χ1n) is 4.62. The largest absolute Gasteiger partial charge is 0.478 e. The summed E-state index contributed by atoms with van der Waals surface area (Å²) in [5, 5.41) is 8.65. The van der Waals surface area contributed by atoms with Crippen LogP contribution in [0, 0.1) is 13.8 Å². The normalized spacial score (nSPS) is 10.0. The van der Waals surface area contributed by atoms with E-state index < -0.39 is 5.97 Å². The molecular weight excluding hydrogens is 208 g/mol. The van der Waals surface area contributed by atoms with Gasteiger partial charge in [-0.15, -0.1) is 11.8 Å². The monoisotopic (exact) mass is 222 g/mol. The van der Waals surface area contributed by atoms with Gasteiger partial charge in [-0.3, -0.25) is 0 Å². The Hall–Kier alpha value is -1.22. The molecule has 0 spiro atoms. The molecule has 3 heteroatoms. The first-order valence-corrected chi connectivity index (χ1v) is 5.60. The van der Waals surface area contributed by atoms with Crippen molar-refractivity contribution in [3.05, 3.63) is 41.5 Å². The van der Waals surface area contributed by atoms with Crippen LogP contribution in [0.15, 0.2) is 35.2 Å². The van der Waals surface area contributed by atoms with Crippen molar-refractivity contribution >= 4 is 17.7 Å². The van der Waals surface area contributed by atoms with Gasteiger partial charge in [-0.1, -0.05) is 12.6 Å². The van der Waals surface area contributed by atoms with Crippen molar-refractivity contribution < 1.29 is 9.90 Å². The Kier molecular flexibility index (Phi) is 3.97. The van der Waals surface area contributed by atoms with E-state index in [9.17, 15) is 4.79 Å². The lowest BCUT2D eigenvalue weighted by Gasteiger charge is -2.04. The third kappa shape index (κ3) is 3.44. The van der Waals surface area contributed by atoms with Gasteiger partial charge >= 0.3 is 5.97 Å². The fraction of sp³-hybridized carbons (Fsp3) is 0.250. The second-order valence-electron chi connectivity index (χ2n) is 3.44. The highest BCUT2D eigenvalue weighted by atomic mass is 32.2. The van der Waals surface area contributed by atoms with Crippen molar-refractivity contribution in [1.82, 2.24) is 0 Å². The van der Waals surface area contributed by atoms with Crippen LogP contribution in [0.1, 0.15) is 11.1 Å². The number of aryl methyl sites for hydroxylation is 2. The van der Waals surface area contributed by atoms with E-state index in [1.165, 1.54) is 22.9 Å². The molecule has 1 aromatic rings. The first kappa shape index (κ1) is 11.9. The topological polar surface area (TPSA) is 37.3 Å². The van der Waals surface area contributed by atoms with E-state index in [1.54, 1.807) is 0 Å². The van der Waals surface area contributed by atoms with Crippen molar-refractivity contribution in [2.45, 2.75) is 18.7 Å². The molecule has 15 heavy (non-hydrogen) atoms. The smallest absolute Gasteiger partial charge is 0.331 e. The summed E-state index contributed by atoms with van der Waals surface area (Å²) in [5.41, 5.74) is 2.70. The van der Waals surface area contributed by atoms with Crippen molar-refractivity contribution in [3.63, 3.8) is 0 Å². The van der Waals surface area contributed by atoms with Crippen LogP contribution in [-0.4, -0.2) is 16.8 Å². The number of aliphatic carboxylic acids is 1. The van der Waals surface area contributed by atoms with Gasteiger partial charge in [0.25, 0.3) is 0 Å². The van der Waals surface area contributed by atoms with Crippen LogP contribution < -0.4 is 0 Å². The van der Waals surface area contributed by atoms with Gasteiger partial charge in [0.1, 0.15) is 0 Å². The Labute approximate surface area is 94.0 Å². The standard InChI is InChI=1S/C12H14O2S/c1-8-4-5-11(6-9(8)2)15-7-10(3)12(13)14/h4-6H,3,7H2,1-2H3,(H,13,14). The van der Waals surface area contributed by atoms with Crippen LogP contribution in [-0.2, 0) is 4.79 Å². The van der Waals surface area contributed by atoms with Gasteiger partial charge in [0.2, 0.25) is 0 Å². The van der Waals surface area contributed by atoms with Gasteiger partial charge in [-0.2, -0.15) is 0 Å². The summed E-state index contributed by atoms with van der Waals surface area (Å²) in [5.74, 6) is -0.496. The maximum absolute atomic E-state index is 10.5. The fourth-order valence-corrected chi connectivity index (χ4v) is 1.92. The Morgan fingerprint density at radius 3 is 2.60 bits per heavy atom. The van der Waals surface area contributed by atoms with Gasteiger partial charge < -0.3 is 5.11 Å². The van der Waals surface area contributed by atoms with Crippen LogP contribution in [0.3, 0.4) is 0 Å². The quantitative estimate of drug-likeness (QED) is 0.628. The molecule has 0 amide bonds. The molecule has 0 aromatic heterocycles. The number of hydrogen-bond acceptors (Lipinski definition) is 2. The van der Waals surface area contributed by atoms with Crippen LogP contribution in [0.2, 0.25) is 0 Å². The first-order chi connectivity index (χ1) is 7.00. The van der Waals surface area contributed by atoms with E-state index in [2.05, 4.69) is 19.6 Å². The van der Waals surface area contributed by atoms with E-state index in [-0.39, 0.29) is 5.57 Å². The molecule has 0 atom stereocenters. The van der Waals surface area contributed by atoms with E-state index in [1.807, 2.05) is 19.1 Å². The minimum Gasteiger partial charge on any atom is -0.478 e. The predicted octanol–water partition coefficient (Wildman–Crippen LogP) is 3.04. The van der Waals surface area contributed by atoms with Crippen LogP contribution in [0.4, 0.5) is 0 Å². The van der Waals surface area contributed by atoms with Gasteiger partial charge in [0.15, 0.2) is 0 Å². The highest BCUT2D eigenvalue weighted by molar-refractivity contribution is 7.99. The highest BCUT2D eigenvalue weighted by Gasteiger charge is 2.04. The molecule has 0 aliphatic rings. The molecule has 1 N–H and O–H groups in total. The van der Waals surface area contributed by atoms with Crippen LogP contribution >= 0.6 is 11.8 Å². The average Bonchev–Trinajstić information content (AvgIpc) is 2.19. The summed E-state index contributed by atoms with van der Waals surface area (Å²) < 4.78 is 0. The molecule has 0 bridgehead atoms. The lowest BCUT2D eigenvalue weighted by molar-refractivity contribution is -0.132.